The highest BCUT2D eigenvalue weighted by Gasteiger charge is 2.13. The van der Waals surface area contributed by atoms with Crippen LogP contribution in [0.2, 0.25) is 5.02 Å². The van der Waals surface area contributed by atoms with E-state index in [1.165, 1.54) is 21.9 Å². The summed E-state index contributed by atoms with van der Waals surface area (Å²) in [4.78, 5) is 42.0. The number of nitrogens with one attached hydrogen (secondary N) is 1. The fourth-order valence-electron chi connectivity index (χ4n) is 3.14. The Kier molecular flexibility index (Phi) is 7.34. The summed E-state index contributed by atoms with van der Waals surface area (Å²) in [5, 5.41) is 8.36. The molecule has 4 aromatic rings. The summed E-state index contributed by atoms with van der Waals surface area (Å²) < 4.78 is 6.60. The van der Waals surface area contributed by atoms with Crippen molar-refractivity contribution in [1.29, 1.82) is 0 Å². The number of hydrogen-bond donors (Lipinski definition) is 1. The van der Waals surface area contributed by atoms with Crippen LogP contribution in [0.15, 0.2) is 59.4 Å². The number of carbonyl (C=O) groups excluding carboxylic acids is 2. The van der Waals surface area contributed by atoms with E-state index in [9.17, 15) is 14.4 Å². The number of benzene rings is 2. The van der Waals surface area contributed by atoms with Gasteiger partial charge in [-0.05, 0) is 48.9 Å². The first-order valence-electron chi connectivity index (χ1n) is 10.7. The predicted molar refractivity (Wildman–Crippen MR) is 131 cm³/mol. The van der Waals surface area contributed by atoms with Crippen LogP contribution in [0.4, 0.5) is 5.69 Å². The van der Waals surface area contributed by atoms with Crippen LogP contribution >= 0.6 is 22.9 Å². The molecule has 0 spiro atoms. The minimum Gasteiger partial charge on any atom is -0.456 e. The molecular weight excluding hydrogens is 476 g/mol. The lowest BCUT2D eigenvalue weighted by atomic mass is 10.2. The molecule has 0 saturated carbocycles. The molecule has 0 aliphatic rings. The highest BCUT2D eigenvalue weighted by atomic mass is 35.5. The lowest BCUT2D eigenvalue weighted by molar-refractivity contribution is 0.0467. The van der Waals surface area contributed by atoms with E-state index in [0.29, 0.717) is 32.5 Å². The molecule has 0 atom stereocenters. The van der Waals surface area contributed by atoms with Crippen molar-refractivity contribution in [3.05, 3.63) is 91.8 Å². The van der Waals surface area contributed by atoms with Gasteiger partial charge in [-0.2, -0.15) is 9.61 Å². The Labute approximate surface area is 204 Å². The Bertz CT molecular complexity index is 1400. The number of anilines is 1. The molecule has 0 bridgehead atoms. The molecule has 0 fully saturated rings. The molecular formula is C24H21ClN4O4S. The van der Waals surface area contributed by atoms with Gasteiger partial charge in [0.2, 0.25) is 4.96 Å². The zero-order valence-electron chi connectivity index (χ0n) is 18.3. The fraction of sp³-hybridized carbons (Fsp3) is 0.208. The predicted octanol–water partition coefficient (Wildman–Crippen LogP) is 4.76. The summed E-state index contributed by atoms with van der Waals surface area (Å²) in [6, 6.07) is 14.2. The summed E-state index contributed by atoms with van der Waals surface area (Å²) in [5.41, 5.74) is 1.29. The van der Waals surface area contributed by atoms with Crippen molar-refractivity contribution in [2.75, 3.05) is 5.32 Å². The number of nitrogens with zero attached hydrogens (tertiary/aromatic N) is 3. The second-order valence-electron chi connectivity index (χ2n) is 7.50. The third-order valence-electron chi connectivity index (χ3n) is 4.90. The average molecular weight is 497 g/mol. The largest absolute Gasteiger partial charge is 0.456 e. The van der Waals surface area contributed by atoms with Gasteiger partial charge in [0.15, 0.2) is 0 Å². The molecule has 0 unspecified atom stereocenters. The molecule has 10 heteroatoms. The van der Waals surface area contributed by atoms with Crippen molar-refractivity contribution in [2.45, 2.75) is 32.8 Å². The number of fused-ring (bicyclic) bond motifs is 1. The normalized spacial score (nSPS) is 10.9. The zero-order valence-corrected chi connectivity index (χ0v) is 19.9. The fourth-order valence-corrected chi connectivity index (χ4v) is 4.29. The lowest BCUT2D eigenvalue weighted by Gasteiger charge is -2.07. The summed E-state index contributed by atoms with van der Waals surface area (Å²) in [5.74, 6) is -0.880. The molecule has 174 valence electrons. The second-order valence-corrected chi connectivity index (χ2v) is 8.97. The second kappa shape index (κ2) is 10.6. The van der Waals surface area contributed by atoms with Crippen LogP contribution in [0.1, 0.15) is 51.2 Å². The Balaban J connectivity index is 1.37. The Morgan fingerprint density at radius 1 is 1.12 bits per heavy atom. The van der Waals surface area contributed by atoms with E-state index in [2.05, 4.69) is 22.3 Å². The van der Waals surface area contributed by atoms with E-state index >= 15 is 0 Å². The van der Waals surface area contributed by atoms with E-state index in [1.807, 2.05) is 0 Å². The van der Waals surface area contributed by atoms with Crippen molar-refractivity contribution in [2.24, 2.45) is 0 Å². The van der Waals surface area contributed by atoms with Crippen LogP contribution in [-0.4, -0.2) is 26.5 Å². The molecule has 0 aliphatic carbocycles. The lowest BCUT2D eigenvalue weighted by Crippen LogP contribution is -2.16. The van der Waals surface area contributed by atoms with E-state index in [0.717, 1.165) is 24.3 Å². The molecule has 2 aromatic carbocycles. The molecule has 2 heterocycles. The first-order valence-corrected chi connectivity index (χ1v) is 11.8. The van der Waals surface area contributed by atoms with Gasteiger partial charge in [0.05, 0.1) is 11.3 Å². The molecule has 4 rings (SSSR count). The van der Waals surface area contributed by atoms with Gasteiger partial charge in [-0.15, -0.1) is 0 Å². The molecule has 0 saturated heterocycles. The van der Waals surface area contributed by atoms with Crippen molar-refractivity contribution in [1.82, 2.24) is 14.6 Å². The van der Waals surface area contributed by atoms with Crippen LogP contribution in [0.25, 0.3) is 4.96 Å². The maximum absolute atomic E-state index is 12.4. The third kappa shape index (κ3) is 5.67. The number of unbranched alkanes of at least 4 members (excludes halogenated alkanes) is 1. The number of hydrogen-bond acceptors (Lipinski definition) is 7. The maximum Gasteiger partial charge on any atom is 0.338 e. The summed E-state index contributed by atoms with van der Waals surface area (Å²) in [6.45, 7) is 1.95. The van der Waals surface area contributed by atoms with E-state index in [4.69, 9.17) is 16.3 Å². The quantitative estimate of drug-likeness (QED) is 0.353. The van der Waals surface area contributed by atoms with Crippen LogP contribution < -0.4 is 10.9 Å². The number of halogens is 1. The number of ether oxygens (including phenoxy) is 1. The molecule has 8 nitrogen and oxygen atoms in total. The molecule has 1 amide bonds. The van der Waals surface area contributed by atoms with Crippen LogP contribution in [0, 0.1) is 0 Å². The number of aromatic nitrogens is 3. The summed E-state index contributed by atoms with van der Waals surface area (Å²) >= 11 is 7.28. The van der Waals surface area contributed by atoms with Gasteiger partial charge in [0.1, 0.15) is 11.6 Å². The Hall–Kier alpha value is -3.56. The standard InChI is InChI=1S/C24H21ClN4O4S/c1-2-3-7-20-28-29-21(30)13-19(27-24(29)34-20)14-33-23(32)15-8-10-18(11-9-15)26-22(31)16-5-4-6-17(25)12-16/h4-6,8-13H,2-3,7,14H2,1H3,(H,26,31). The van der Waals surface area contributed by atoms with Crippen molar-refractivity contribution in [3.63, 3.8) is 0 Å². The molecule has 0 radical (unpaired) electrons. The Morgan fingerprint density at radius 2 is 1.91 bits per heavy atom. The minimum absolute atomic E-state index is 0.139. The van der Waals surface area contributed by atoms with Gasteiger partial charge in [0.25, 0.3) is 11.5 Å². The van der Waals surface area contributed by atoms with E-state index in [1.54, 1.807) is 48.5 Å². The van der Waals surface area contributed by atoms with E-state index in [-0.39, 0.29) is 18.1 Å². The van der Waals surface area contributed by atoms with Gasteiger partial charge >= 0.3 is 5.97 Å². The Morgan fingerprint density at radius 3 is 2.65 bits per heavy atom. The molecule has 2 aromatic heterocycles. The third-order valence-corrected chi connectivity index (χ3v) is 6.10. The van der Waals surface area contributed by atoms with Gasteiger partial charge in [-0.1, -0.05) is 42.3 Å². The minimum atomic E-state index is -0.567. The number of amides is 1. The molecule has 1 N–H and O–H groups in total. The smallest absolute Gasteiger partial charge is 0.338 e. The van der Waals surface area contributed by atoms with E-state index < -0.39 is 5.97 Å². The van der Waals surface area contributed by atoms with Crippen molar-refractivity contribution < 1.29 is 14.3 Å². The van der Waals surface area contributed by atoms with Gasteiger partial charge in [-0.3, -0.25) is 9.59 Å². The number of esters is 1. The summed E-state index contributed by atoms with van der Waals surface area (Å²) in [6.07, 6.45) is 2.82. The monoisotopic (exact) mass is 496 g/mol. The van der Waals surface area contributed by atoms with Gasteiger partial charge in [0, 0.05) is 28.8 Å². The summed E-state index contributed by atoms with van der Waals surface area (Å²) in [7, 11) is 0. The van der Waals surface area contributed by atoms with Crippen molar-refractivity contribution in [3.8, 4) is 0 Å². The molecule has 34 heavy (non-hydrogen) atoms. The number of rotatable bonds is 8. The topological polar surface area (TPSA) is 103 Å². The maximum atomic E-state index is 12.4. The number of aryl methyl sites for hydroxylation is 1. The highest BCUT2D eigenvalue weighted by molar-refractivity contribution is 7.16. The number of carbonyl (C=O) groups is 2. The van der Waals surface area contributed by atoms with Gasteiger partial charge in [-0.25, -0.2) is 9.78 Å². The molecule has 0 aliphatic heterocycles. The van der Waals surface area contributed by atoms with Crippen LogP contribution in [0.5, 0.6) is 0 Å². The zero-order chi connectivity index (χ0) is 24.1. The van der Waals surface area contributed by atoms with Gasteiger partial charge < -0.3 is 10.1 Å². The van der Waals surface area contributed by atoms with Crippen LogP contribution in [-0.2, 0) is 17.8 Å². The van der Waals surface area contributed by atoms with Crippen LogP contribution in [0.3, 0.4) is 0 Å². The SMILES string of the molecule is CCCCc1nn2c(=O)cc(COC(=O)c3ccc(NC(=O)c4cccc(Cl)c4)cc3)nc2s1. The first-order chi connectivity index (χ1) is 16.4. The first kappa shape index (κ1) is 23.6. The highest BCUT2D eigenvalue weighted by Crippen LogP contribution is 2.16. The van der Waals surface area contributed by atoms with Crippen molar-refractivity contribution >= 4 is 45.5 Å². The average Bonchev–Trinajstić information content (AvgIpc) is 3.25.